The van der Waals surface area contributed by atoms with Crippen LogP contribution in [0, 0.1) is 0 Å². The van der Waals surface area contributed by atoms with Gasteiger partial charge in [0.05, 0.1) is 0 Å². The number of rotatable bonds is 4. The van der Waals surface area contributed by atoms with Gasteiger partial charge in [-0.25, -0.2) is 4.79 Å². The lowest BCUT2D eigenvalue weighted by atomic mass is 9.84. The number of benzene rings is 2. The number of hydrogen-bond donors (Lipinski definition) is 1. The third kappa shape index (κ3) is 3.79. The Morgan fingerprint density at radius 3 is 2.61 bits per heavy atom. The highest BCUT2D eigenvalue weighted by atomic mass is 16.2. The summed E-state index contributed by atoms with van der Waals surface area (Å²) in [7, 11) is 2.16. The molecule has 1 fully saturated rings. The average molecular weight is 378 g/mol. The molecule has 2 aliphatic rings. The number of urea groups is 1. The van der Waals surface area contributed by atoms with Crippen LogP contribution >= 0.6 is 0 Å². The molecule has 2 aromatic carbocycles. The number of hydrogen-bond acceptors (Lipinski definition) is 2. The summed E-state index contributed by atoms with van der Waals surface area (Å²) < 4.78 is 0. The van der Waals surface area contributed by atoms with Crippen LogP contribution in [0.15, 0.2) is 48.5 Å². The van der Waals surface area contributed by atoms with Crippen LogP contribution in [0.4, 0.5) is 10.5 Å². The van der Waals surface area contributed by atoms with Crippen LogP contribution < -0.4 is 10.2 Å². The first-order valence-electron chi connectivity index (χ1n) is 10.4. The second kappa shape index (κ2) is 7.59. The fourth-order valence-electron chi connectivity index (χ4n) is 4.46. The Bertz CT molecular complexity index is 840. The van der Waals surface area contributed by atoms with E-state index in [1.54, 1.807) is 0 Å². The molecule has 2 aromatic rings. The van der Waals surface area contributed by atoms with Crippen molar-refractivity contribution in [3.8, 4) is 0 Å². The quantitative estimate of drug-likeness (QED) is 0.867. The van der Waals surface area contributed by atoms with Crippen LogP contribution in [-0.4, -0.2) is 43.2 Å². The zero-order chi connectivity index (χ0) is 19.7. The van der Waals surface area contributed by atoms with Gasteiger partial charge in [-0.3, -0.25) is 4.90 Å². The minimum absolute atomic E-state index is 0.0183. The van der Waals surface area contributed by atoms with E-state index in [1.165, 1.54) is 16.7 Å². The molecule has 0 unspecified atom stereocenters. The van der Waals surface area contributed by atoms with Crippen molar-refractivity contribution < 1.29 is 4.79 Å². The van der Waals surface area contributed by atoms with E-state index in [0.717, 1.165) is 38.0 Å². The Kier molecular flexibility index (Phi) is 5.15. The van der Waals surface area contributed by atoms with Crippen LogP contribution in [0.25, 0.3) is 0 Å². The first-order valence-corrected chi connectivity index (χ1v) is 10.4. The molecule has 0 atom stereocenters. The summed E-state index contributed by atoms with van der Waals surface area (Å²) in [5, 5.41) is 3.16. The van der Waals surface area contributed by atoms with Gasteiger partial charge < -0.3 is 10.2 Å². The number of carbonyl (C=O) groups excluding carboxylic acids is 1. The largest absolute Gasteiger partial charge is 0.337 e. The van der Waals surface area contributed by atoms with Crippen molar-refractivity contribution in [3.63, 3.8) is 0 Å². The number of nitrogens with one attached hydrogen (secondary N) is 1. The third-order valence-corrected chi connectivity index (χ3v) is 6.23. The SMILES string of the molecule is CN1CC(c2ccc3c(c2)N(C(=O)NCCc2ccccc2)C(C)(C)CC3)C1. The summed E-state index contributed by atoms with van der Waals surface area (Å²) in [6.45, 7) is 7.21. The molecule has 0 saturated carbocycles. The Morgan fingerprint density at radius 1 is 1.14 bits per heavy atom. The molecular formula is C24H31N3O. The molecule has 1 N–H and O–H groups in total. The number of likely N-dealkylation sites (N-methyl/N-ethyl adjacent to an activating group) is 1. The first-order chi connectivity index (χ1) is 13.4. The summed E-state index contributed by atoms with van der Waals surface area (Å²) in [4.78, 5) is 17.5. The molecule has 0 bridgehead atoms. The van der Waals surface area contributed by atoms with E-state index in [2.05, 4.69) is 61.4 Å². The molecule has 0 radical (unpaired) electrons. The molecule has 0 spiro atoms. The summed E-state index contributed by atoms with van der Waals surface area (Å²) >= 11 is 0. The van der Waals surface area contributed by atoms with Gasteiger partial charge in [-0.2, -0.15) is 0 Å². The summed E-state index contributed by atoms with van der Waals surface area (Å²) in [5.74, 6) is 0.586. The van der Waals surface area contributed by atoms with E-state index in [-0.39, 0.29) is 11.6 Å². The monoisotopic (exact) mass is 377 g/mol. The number of amides is 2. The molecule has 1 saturated heterocycles. The molecule has 28 heavy (non-hydrogen) atoms. The minimum atomic E-state index is -0.182. The van der Waals surface area contributed by atoms with E-state index in [9.17, 15) is 4.79 Å². The molecule has 4 heteroatoms. The zero-order valence-electron chi connectivity index (χ0n) is 17.2. The number of anilines is 1. The van der Waals surface area contributed by atoms with Crippen molar-refractivity contribution in [2.45, 2.75) is 44.6 Å². The van der Waals surface area contributed by atoms with E-state index in [4.69, 9.17) is 0 Å². The maximum Gasteiger partial charge on any atom is 0.322 e. The first kappa shape index (κ1) is 19.0. The molecule has 4 rings (SSSR count). The Morgan fingerprint density at radius 2 is 1.89 bits per heavy atom. The standard InChI is InChI=1S/C24H31N3O/c1-24(2)13-11-19-9-10-20(21-16-26(3)17-21)15-22(19)27(24)23(28)25-14-12-18-7-5-4-6-8-18/h4-10,15,21H,11-14,16-17H2,1-3H3,(H,25,28). The molecular weight excluding hydrogens is 346 g/mol. The van der Waals surface area contributed by atoms with Crippen molar-refractivity contribution in [2.75, 3.05) is 31.6 Å². The molecule has 2 heterocycles. The molecule has 2 aliphatic heterocycles. The van der Waals surface area contributed by atoms with E-state index in [1.807, 2.05) is 23.1 Å². The Labute approximate surface area is 168 Å². The van der Waals surface area contributed by atoms with Gasteiger partial charge >= 0.3 is 6.03 Å². The maximum atomic E-state index is 13.2. The number of fused-ring (bicyclic) bond motifs is 1. The number of nitrogens with zero attached hydrogens (tertiary/aromatic N) is 2. The predicted molar refractivity (Wildman–Crippen MR) is 115 cm³/mol. The fourth-order valence-corrected chi connectivity index (χ4v) is 4.46. The number of carbonyl (C=O) groups is 1. The summed E-state index contributed by atoms with van der Waals surface area (Å²) in [6.07, 6.45) is 2.86. The Balaban J connectivity index is 1.51. The molecule has 4 nitrogen and oxygen atoms in total. The van der Waals surface area contributed by atoms with E-state index < -0.39 is 0 Å². The van der Waals surface area contributed by atoms with Crippen molar-refractivity contribution in [3.05, 3.63) is 65.2 Å². The van der Waals surface area contributed by atoms with Crippen LogP contribution in [0.1, 0.15) is 42.9 Å². The highest BCUT2D eigenvalue weighted by molar-refractivity contribution is 5.95. The van der Waals surface area contributed by atoms with Gasteiger partial charge in [-0.1, -0.05) is 42.5 Å². The highest BCUT2D eigenvalue weighted by Gasteiger charge is 2.37. The summed E-state index contributed by atoms with van der Waals surface area (Å²) in [5.41, 5.74) is 4.81. The van der Waals surface area contributed by atoms with Crippen LogP contribution in [0.5, 0.6) is 0 Å². The average Bonchev–Trinajstić information content (AvgIpc) is 2.65. The van der Waals surface area contributed by atoms with Gasteiger partial charge in [0.25, 0.3) is 0 Å². The van der Waals surface area contributed by atoms with E-state index >= 15 is 0 Å². The third-order valence-electron chi connectivity index (χ3n) is 6.23. The van der Waals surface area contributed by atoms with Gasteiger partial charge in [-0.05, 0) is 62.9 Å². The lowest BCUT2D eigenvalue weighted by molar-refractivity contribution is 0.189. The number of aryl methyl sites for hydroxylation is 1. The second-order valence-corrected chi connectivity index (χ2v) is 8.92. The van der Waals surface area contributed by atoms with Crippen molar-refractivity contribution in [2.24, 2.45) is 0 Å². The second-order valence-electron chi connectivity index (χ2n) is 8.92. The van der Waals surface area contributed by atoms with Gasteiger partial charge in [0.2, 0.25) is 0 Å². The fraction of sp³-hybridized carbons (Fsp3) is 0.458. The number of likely N-dealkylation sites (tertiary alicyclic amines) is 1. The predicted octanol–water partition coefficient (Wildman–Crippen LogP) is 4.20. The van der Waals surface area contributed by atoms with Crippen molar-refractivity contribution in [1.82, 2.24) is 10.2 Å². The van der Waals surface area contributed by atoms with Gasteiger partial charge in [0.15, 0.2) is 0 Å². The topological polar surface area (TPSA) is 35.6 Å². The molecule has 2 amide bonds. The van der Waals surface area contributed by atoms with Crippen LogP contribution in [0.3, 0.4) is 0 Å². The smallest absolute Gasteiger partial charge is 0.322 e. The summed E-state index contributed by atoms with van der Waals surface area (Å²) in [6, 6.07) is 17.1. The molecule has 0 aliphatic carbocycles. The molecule has 148 valence electrons. The Hall–Kier alpha value is -2.33. The van der Waals surface area contributed by atoms with Gasteiger partial charge in [0, 0.05) is 36.8 Å². The lowest BCUT2D eigenvalue weighted by Crippen LogP contribution is -2.55. The molecule has 0 aromatic heterocycles. The normalized spacial score (nSPS) is 19.0. The van der Waals surface area contributed by atoms with Crippen molar-refractivity contribution >= 4 is 11.7 Å². The van der Waals surface area contributed by atoms with Crippen molar-refractivity contribution in [1.29, 1.82) is 0 Å². The zero-order valence-corrected chi connectivity index (χ0v) is 17.2. The van der Waals surface area contributed by atoms with Gasteiger partial charge in [0.1, 0.15) is 0 Å². The maximum absolute atomic E-state index is 13.2. The van der Waals surface area contributed by atoms with Crippen LogP contribution in [-0.2, 0) is 12.8 Å². The lowest BCUT2D eigenvalue weighted by Gasteiger charge is -2.44. The highest BCUT2D eigenvalue weighted by Crippen LogP contribution is 2.39. The van der Waals surface area contributed by atoms with Crippen LogP contribution in [0.2, 0.25) is 0 Å². The van der Waals surface area contributed by atoms with E-state index in [0.29, 0.717) is 12.5 Å². The minimum Gasteiger partial charge on any atom is -0.337 e. The van der Waals surface area contributed by atoms with Gasteiger partial charge in [-0.15, -0.1) is 0 Å².